The van der Waals surface area contributed by atoms with Gasteiger partial charge in [0.15, 0.2) is 0 Å². The van der Waals surface area contributed by atoms with E-state index in [4.69, 9.17) is 0 Å². The molecule has 6 heteroatoms. The van der Waals surface area contributed by atoms with Crippen LogP contribution in [0.25, 0.3) is 0 Å². The van der Waals surface area contributed by atoms with Gasteiger partial charge in [-0.25, -0.2) is 9.97 Å². The van der Waals surface area contributed by atoms with Gasteiger partial charge in [-0.2, -0.15) is 0 Å². The maximum atomic E-state index is 11.2. The summed E-state index contributed by atoms with van der Waals surface area (Å²) in [5.74, 6) is 1.35. The third kappa shape index (κ3) is 4.32. The molecule has 0 aliphatic carbocycles. The molecule has 1 amide bonds. The van der Waals surface area contributed by atoms with E-state index in [-0.39, 0.29) is 5.91 Å². The van der Waals surface area contributed by atoms with Crippen molar-refractivity contribution in [2.24, 2.45) is 0 Å². The Hall–Kier alpha value is -3.41. The van der Waals surface area contributed by atoms with E-state index in [2.05, 4.69) is 20.6 Å². The normalized spacial score (nSPS) is 10.2. The van der Waals surface area contributed by atoms with Crippen molar-refractivity contribution in [1.29, 1.82) is 0 Å². The van der Waals surface area contributed by atoms with Gasteiger partial charge in [-0.15, -0.1) is 0 Å². The van der Waals surface area contributed by atoms with E-state index in [0.29, 0.717) is 5.82 Å². The first-order valence-corrected chi connectivity index (χ1v) is 7.87. The molecular weight excluding hydrogens is 314 g/mol. The predicted molar refractivity (Wildman–Crippen MR) is 101 cm³/mol. The number of para-hydroxylation sites is 1. The molecule has 0 unspecified atom stereocenters. The minimum atomic E-state index is -0.106. The summed E-state index contributed by atoms with van der Waals surface area (Å²) >= 11 is 0. The van der Waals surface area contributed by atoms with Gasteiger partial charge in [0.05, 0.1) is 0 Å². The van der Waals surface area contributed by atoms with Crippen LogP contribution in [0.2, 0.25) is 0 Å². The molecular formula is C19H19N5O. The van der Waals surface area contributed by atoms with Crippen molar-refractivity contribution < 1.29 is 4.79 Å². The van der Waals surface area contributed by atoms with E-state index in [1.807, 2.05) is 72.6 Å². The molecule has 0 saturated carbocycles. The fourth-order valence-electron chi connectivity index (χ4n) is 2.41. The van der Waals surface area contributed by atoms with Crippen molar-refractivity contribution in [2.75, 3.05) is 22.6 Å². The SMILES string of the molecule is CC(=O)Nc1cccc(Nc2cc(N(C)c3ccccc3)ncn2)c1. The predicted octanol–water partition coefficient (Wildman–Crippen LogP) is 3.95. The molecule has 2 N–H and O–H groups in total. The van der Waals surface area contributed by atoms with Crippen LogP contribution < -0.4 is 15.5 Å². The van der Waals surface area contributed by atoms with Gasteiger partial charge < -0.3 is 15.5 Å². The molecule has 0 spiro atoms. The Morgan fingerprint density at radius 3 is 2.48 bits per heavy atom. The van der Waals surface area contributed by atoms with Crippen LogP contribution in [0.5, 0.6) is 0 Å². The van der Waals surface area contributed by atoms with Crippen molar-refractivity contribution in [1.82, 2.24) is 9.97 Å². The lowest BCUT2D eigenvalue weighted by atomic mass is 10.2. The van der Waals surface area contributed by atoms with Gasteiger partial charge in [0, 0.05) is 37.1 Å². The van der Waals surface area contributed by atoms with Crippen LogP contribution in [0, 0.1) is 0 Å². The number of benzene rings is 2. The summed E-state index contributed by atoms with van der Waals surface area (Å²) in [6.45, 7) is 1.48. The molecule has 0 atom stereocenters. The second-order valence-electron chi connectivity index (χ2n) is 5.54. The fraction of sp³-hybridized carbons (Fsp3) is 0.105. The number of hydrogen-bond acceptors (Lipinski definition) is 5. The maximum Gasteiger partial charge on any atom is 0.221 e. The molecule has 3 aromatic rings. The van der Waals surface area contributed by atoms with E-state index in [9.17, 15) is 4.79 Å². The van der Waals surface area contributed by atoms with Crippen LogP contribution in [0.1, 0.15) is 6.92 Å². The van der Waals surface area contributed by atoms with Crippen molar-refractivity contribution in [3.63, 3.8) is 0 Å². The van der Waals surface area contributed by atoms with Crippen LogP contribution in [-0.2, 0) is 4.79 Å². The second-order valence-corrected chi connectivity index (χ2v) is 5.54. The highest BCUT2D eigenvalue weighted by atomic mass is 16.1. The number of hydrogen-bond donors (Lipinski definition) is 2. The fourth-order valence-corrected chi connectivity index (χ4v) is 2.41. The van der Waals surface area contributed by atoms with Crippen molar-refractivity contribution in [3.8, 4) is 0 Å². The second kappa shape index (κ2) is 7.44. The first-order valence-electron chi connectivity index (χ1n) is 7.87. The van der Waals surface area contributed by atoms with Crippen LogP contribution in [0.3, 0.4) is 0 Å². The Morgan fingerprint density at radius 2 is 1.72 bits per heavy atom. The monoisotopic (exact) mass is 333 g/mol. The van der Waals surface area contributed by atoms with E-state index in [1.165, 1.54) is 13.3 Å². The summed E-state index contributed by atoms with van der Waals surface area (Å²) in [6, 6.07) is 19.3. The molecule has 0 saturated heterocycles. The van der Waals surface area contributed by atoms with E-state index in [1.54, 1.807) is 0 Å². The van der Waals surface area contributed by atoms with Gasteiger partial charge in [-0.1, -0.05) is 24.3 Å². The van der Waals surface area contributed by atoms with Crippen molar-refractivity contribution in [2.45, 2.75) is 6.92 Å². The molecule has 2 aromatic carbocycles. The Balaban J connectivity index is 1.79. The largest absolute Gasteiger partial charge is 0.340 e. The Labute approximate surface area is 146 Å². The average Bonchev–Trinajstić information content (AvgIpc) is 2.62. The average molecular weight is 333 g/mol. The summed E-state index contributed by atoms with van der Waals surface area (Å²) in [5.41, 5.74) is 2.60. The molecule has 0 fully saturated rings. The summed E-state index contributed by atoms with van der Waals surface area (Å²) in [5, 5.41) is 6.00. The first-order chi connectivity index (χ1) is 12.1. The lowest BCUT2D eigenvalue weighted by Gasteiger charge is -2.18. The molecule has 1 aromatic heterocycles. The number of rotatable bonds is 5. The Kier molecular flexibility index (Phi) is 4.89. The summed E-state index contributed by atoms with van der Waals surface area (Å²) in [7, 11) is 1.96. The molecule has 0 radical (unpaired) electrons. The minimum absolute atomic E-state index is 0.106. The zero-order valence-corrected chi connectivity index (χ0v) is 14.1. The van der Waals surface area contributed by atoms with Gasteiger partial charge in [-0.3, -0.25) is 4.79 Å². The maximum absolute atomic E-state index is 11.2. The quantitative estimate of drug-likeness (QED) is 0.740. The van der Waals surface area contributed by atoms with Crippen molar-refractivity contribution >= 4 is 34.6 Å². The van der Waals surface area contributed by atoms with Crippen LogP contribution in [0.4, 0.5) is 28.7 Å². The van der Waals surface area contributed by atoms with Gasteiger partial charge in [-0.05, 0) is 30.3 Å². The third-order valence-corrected chi connectivity index (χ3v) is 3.60. The number of carbonyl (C=O) groups is 1. The number of anilines is 5. The summed E-state index contributed by atoms with van der Waals surface area (Å²) < 4.78 is 0. The zero-order valence-electron chi connectivity index (χ0n) is 14.1. The first kappa shape index (κ1) is 16.4. The molecule has 0 aliphatic rings. The number of carbonyl (C=O) groups excluding carboxylic acids is 1. The minimum Gasteiger partial charge on any atom is -0.340 e. The Bertz CT molecular complexity index is 866. The molecule has 6 nitrogen and oxygen atoms in total. The van der Waals surface area contributed by atoms with E-state index in [0.717, 1.165) is 22.9 Å². The van der Waals surface area contributed by atoms with Gasteiger partial charge in [0.25, 0.3) is 0 Å². The molecule has 0 bridgehead atoms. The third-order valence-electron chi connectivity index (χ3n) is 3.60. The molecule has 25 heavy (non-hydrogen) atoms. The number of nitrogens with zero attached hydrogens (tertiary/aromatic N) is 3. The lowest BCUT2D eigenvalue weighted by Crippen LogP contribution is -2.11. The van der Waals surface area contributed by atoms with Crippen LogP contribution in [0.15, 0.2) is 67.0 Å². The molecule has 126 valence electrons. The standard InChI is InChI=1S/C19H19N5O/c1-14(25)22-15-7-6-8-16(11-15)23-18-12-19(21-13-20-18)24(2)17-9-4-3-5-10-17/h3-13H,1-2H3,(H,22,25)(H,20,21,23). The number of nitrogens with one attached hydrogen (secondary N) is 2. The number of aromatic nitrogens is 2. The molecule has 0 aliphatic heterocycles. The Morgan fingerprint density at radius 1 is 0.960 bits per heavy atom. The molecule has 3 rings (SSSR count). The highest BCUT2D eigenvalue weighted by Gasteiger charge is 2.07. The summed E-state index contributed by atoms with van der Waals surface area (Å²) in [6.07, 6.45) is 1.52. The van der Waals surface area contributed by atoms with Crippen molar-refractivity contribution in [3.05, 3.63) is 67.0 Å². The van der Waals surface area contributed by atoms with Gasteiger partial charge in [0.1, 0.15) is 18.0 Å². The smallest absolute Gasteiger partial charge is 0.221 e. The lowest BCUT2D eigenvalue weighted by molar-refractivity contribution is -0.114. The number of amides is 1. The van der Waals surface area contributed by atoms with E-state index < -0.39 is 0 Å². The van der Waals surface area contributed by atoms with Gasteiger partial charge in [0.2, 0.25) is 5.91 Å². The highest BCUT2D eigenvalue weighted by Crippen LogP contribution is 2.24. The van der Waals surface area contributed by atoms with Crippen LogP contribution >= 0.6 is 0 Å². The van der Waals surface area contributed by atoms with Crippen LogP contribution in [-0.4, -0.2) is 22.9 Å². The highest BCUT2D eigenvalue weighted by molar-refractivity contribution is 5.89. The zero-order chi connectivity index (χ0) is 17.6. The van der Waals surface area contributed by atoms with Gasteiger partial charge >= 0.3 is 0 Å². The molecule has 1 heterocycles. The topological polar surface area (TPSA) is 70.2 Å². The van der Waals surface area contributed by atoms with E-state index >= 15 is 0 Å². The summed E-state index contributed by atoms with van der Waals surface area (Å²) in [4.78, 5) is 21.8.